The highest BCUT2D eigenvalue weighted by molar-refractivity contribution is 9.10. The topological polar surface area (TPSA) is 54.9 Å². The van der Waals surface area contributed by atoms with Crippen molar-refractivity contribution in [2.75, 3.05) is 5.32 Å². The Morgan fingerprint density at radius 1 is 1.16 bits per heavy atom. The molecule has 0 saturated heterocycles. The van der Waals surface area contributed by atoms with Crippen LogP contribution in [-0.2, 0) is 0 Å². The van der Waals surface area contributed by atoms with Gasteiger partial charge in [0.2, 0.25) is 0 Å². The minimum absolute atomic E-state index is 0.155. The SMILES string of the molecule is O=C(Nc1ccc(Br)cc1)c1ccc2snnc2c1. The molecule has 0 atom stereocenters. The lowest BCUT2D eigenvalue weighted by Crippen LogP contribution is -2.11. The highest BCUT2D eigenvalue weighted by Gasteiger charge is 2.08. The van der Waals surface area contributed by atoms with Crippen LogP contribution in [-0.4, -0.2) is 15.5 Å². The number of amides is 1. The van der Waals surface area contributed by atoms with E-state index >= 15 is 0 Å². The molecule has 0 aliphatic carbocycles. The maximum atomic E-state index is 12.1. The number of hydrogen-bond acceptors (Lipinski definition) is 4. The normalized spacial score (nSPS) is 10.6. The summed E-state index contributed by atoms with van der Waals surface area (Å²) in [4.78, 5) is 12.1. The maximum Gasteiger partial charge on any atom is 0.255 e. The van der Waals surface area contributed by atoms with E-state index in [4.69, 9.17) is 0 Å². The third-order valence-corrected chi connectivity index (χ3v) is 3.84. The van der Waals surface area contributed by atoms with Crippen LogP contribution in [0.5, 0.6) is 0 Å². The molecule has 4 nitrogen and oxygen atoms in total. The van der Waals surface area contributed by atoms with E-state index in [2.05, 4.69) is 30.8 Å². The lowest BCUT2D eigenvalue weighted by molar-refractivity contribution is 0.102. The molecule has 0 spiro atoms. The minimum Gasteiger partial charge on any atom is -0.322 e. The zero-order valence-electron chi connectivity index (χ0n) is 9.63. The van der Waals surface area contributed by atoms with E-state index in [0.717, 1.165) is 20.4 Å². The average Bonchev–Trinajstić information content (AvgIpc) is 2.88. The molecule has 0 fully saturated rings. The fourth-order valence-corrected chi connectivity index (χ4v) is 2.46. The van der Waals surface area contributed by atoms with E-state index in [-0.39, 0.29) is 5.91 Å². The van der Waals surface area contributed by atoms with Crippen molar-refractivity contribution in [3.8, 4) is 0 Å². The molecule has 94 valence electrons. The van der Waals surface area contributed by atoms with Crippen molar-refractivity contribution >= 4 is 49.3 Å². The van der Waals surface area contributed by atoms with Crippen LogP contribution < -0.4 is 5.32 Å². The van der Waals surface area contributed by atoms with Gasteiger partial charge in [0.15, 0.2) is 0 Å². The van der Waals surface area contributed by atoms with Gasteiger partial charge >= 0.3 is 0 Å². The molecule has 1 amide bonds. The molecule has 0 saturated carbocycles. The molecule has 3 aromatic rings. The van der Waals surface area contributed by atoms with Crippen LogP contribution in [0.1, 0.15) is 10.4 Å². The summed E-state index contributed by atoms with van der Waals surface area (Å²) in [6, 6.07) is 12.8. The Morgan fingerprint density at radius 2 is 1.95 bits per heavy atom. The number of rotatable bonds is 2. The smallest absolute Gasteiger partial charge is 0.255 e. The molecule has 0 bridgehead atoms. The Kier molecular flexibility index (Phi) is 3.27. The van der Waals surface area contributed by atoms with Gasteiger partial charge in [0.05, 0.1) is 4.70 Å². The Hall–Kier alpha value is -1.79. The fraction of sp³-hybridized carbons (Fsp3) is 0. The van der Waals surface area contributed by atoms with Crippen molar-refractivity contribution < 1.29 is 4.79 Å². The van der Waals surface area contributed by atoms with Crippen molar-refractivity contribution in [3.63, 3.8) is 0 Å². The van der Waals surface area contributed by atoms with E-state index < -0.39 is 0 Å². The number of benzene rings is 2. The van der Waals surface area contributed by atoms with Crippen molar-refractivity contribution in [2.24, 2.45) is 0 Å². The molecular formula is C13H8BrN3OS. The first-order valence-electron chi connectivity index (χ1n) is 5.51. The van der Waals surface area contributed by atoms with Crippen molar-refractivity contribution in [1.82, 2.24) is 9.59 Å². The lowest BCUT2D eigenvalue weighted by Gasteiger charge is -2.05. The van der Waals surface area contributed by atoms with Crippen molar-refractivity contribution in [1.29, 1.82) is 0 Å². The predicted molar refractivity (Wildman–Crippen MR) is 79.5 cm³/mol. The van der Waals surface area contributed by atoms with Crippen molar-refractivity contribution in [2.45, 2.75) is 0 Å². The summed E-state index contributed by atoms with van der Waals surface area (Å²) >= 11 is 4.67. The molecule has 19 heavy (non-hydrogen) atoms. The first-order valence-corrected chi connectivity index (χ1v) is 7.08. The molecule has 0 radical (unpaired) electrons. The summed E-state index contributed by atoms with van der Waals surface area (Å²) < 4.78 is 5.80. The van der Waals surface area contributed by atoms with Gasteiger partial charge < -0.3 is 5.32 Å². The molecule has 0 aliphatic rings. The van der Waals surface area contributed by atoms with Gasteiger partial charge in [0.1, 0.15) is 5.52 Å². The summed E-state index contributed by atoms with van der Waals surface area (Å²) in [6.07, 6.45) is 0. The largest absolute Gasteiger partial charge is 0.322 e. The third-order valence-electron chi connectivity index (χ3n) is 2.61. The third kappa shape index (κ3) is 2.64. The second kappa shape index (κ2) is 5.07. The van der Waals surface area contributed by atoms with Gasteiger partial charge in [-0.25, -0.2) is 0 Å². The number of anilines is 1. The van der Waals surface area contributed by atoms with Gasteiger partial charge in [-0.05, 0) is 54.0 Å². The molecule has 1 aromatic heterocycles. The zero-order valence-corrected chi connectivity index (χ0v) is 12.0. The maximum absolute atomic E-state index is 12.1. The van der Waals surface area contributed by atoms with Gasteiger partial charge in [-0.1, -0.05) is 20.4 Å². The molecule has 0 unspecified atom stereocenters. The van der Waals surface area contributed by atoms with Crippen LogP contribution in [0.3, 0.4) is 0 Å². The fourth-order valence-electron chi connectivity index (χ4n) is 1.66. The molecule has 1 heterocycles. The molecule has 3 rings (SSSR count). The average molecular weight is 334 g/mol. The molecule has 2 aromatic carbocycles. The molecule has 0 aliphatic heterocycles. The molecular weight excluding hydrogens is 326 g/mol. The van der Waals surface area contributed by atoms with Crippen LogP contribution in [0, 0.1) is 0 Å². The second-order valence-electron chi connectivity index (χ2n) is 3.92. The minimum atomic E-state index is -0.155. The summed E-state index contributed by atoms with van der Waals surface area (Å²) in [5.74, 6) is -0.155. The Labute approximate surface area is 121 Å². The number of nitrogens with one attached hydrogen (secondary N) is 1. The van der Waals surface area contributed by atoms with Gasteiger partial charge in [-0.2, -0.15) is 0 Å². The molecule has 6 heteroatoms. The van der Waals surface area contributed by atoms with E-state index in [1.165, 1.54) is 11.5 Å². The number of halogens is 1. The van der Waals surface area contributed by atoms with Gasteiger partial charge in [-0.15, -0.1) is 5.10 Å². The number of hydrogen-bond donors (Lipinski definition) is 1. The summed E-state index contributed by atoms with van der Waals surface area (Å²) in [7, 11) is 0. The number of carbonyl (C=O) groups is 1. The first kappa shape index (κ1) is 12.3. The van der Waals surface area contributed by atoms with E-state index in [1.807, 2.05) is 30.3 Å². The van der Waals surface area contributed by atoms with Crippen molar-refractivity contribution in [3.05, 3.63) is 52.5 Å². The number of fused-ring (bicyclic) bond motifs is 1. The van der Waals surface area contributed by atoms with E-state index in [1.54, 1.807) is 12.1 Å². The Balaban J connectivity index is 1.84. The summed E-state index contributed by atoms with van der Waals surface area (Å²) in [5.41, 5.74) is 2.07. The van der Waals surface area contributed by atoms with Crippen LogP contribution >= 0.6 is 27.5 Å². The van der Waals surface area contributed by atoms with Crippen LogP contribution in [0.4, 0.5) is 5.69 Å². The standard InChI is InChI=1S/C13H8BrN3OS/c14-9-2-4-10(5-3-9)15-13(18)8-1-6-12-11(7-8)16-17-19-12/h1-7H,(H,15,18). The number of nitrogens with zero attached hydrogens (tertiary/aromatic N) is 2. The predicted octanol–water partition coefficient (Wildman–Crippen LogP) is 3.71. The highest BCUT2D eigenvalue weighted by atomic mass is 79.9. The van der Waals surface area contributed by atoms with E-state index in [9.17, 15) is 4.79 Å². The summed E-state index contributed by atoms with van der Waals surface area (Å²) in [5, 5.41) is 6.80. The Morgan fingerprint density at radius 3 is 2.74 bits per heavy atom. The Bertz CT molecular complexity index is 739. The molecule has 1 N–H and O–H groups in total. The van der Waals surface area contributed by atoms with Gasteiger partial charge in [0.25, 0.3) is 5.91 Å². The number of carbonyl (C=O) groups excluding carboxylic acids is 1. The first-order chi connectivity index (χ1) is 9.22. The van der Waals surface area contributed by atoms with Gasteiger partial charge in [-0.3, -0.25) is 4.79 Å². The van der Waals surface area contributed by atoms with Gasteiger partial charge in [0, 0.05) is 15.7 Å². The van der Waals surface area contributed by atoms with Crippen LogP contribution in [0.25, 0.3) is 10.2 Å². The number of aromatic nitrogens is 2. The van der Waals surface area contributed by atoms with Crippen LogP contribution in [0.15, 0.2) is 46.9 Å². The van der Waals surface area contributed by atoms with Crippen LogP contribution in [0.2, 0.25) is 0 Å². The zero-order chi connectivity index (χ0) is 13.2. The lowest BCUT2D eigenvalue weighted by atomic mass is 10.2. The quantitative estimate of drug-likeness (QED) is 0.777. The highest BCUT2D eigenvalue weighted by Crippen LogP contribution is 2.18. The summed E-state index contributed by atoms with van der Waals surface area (Å²) in [6.45, 7) is 0. The van der Waals surface area contributed by atoms with E-state index in [0.29, 0.717) is 5.56 Å². The monoisotopic (exact) mass is 333 g/mol. The second-order valence-corrected chi connectivity index (χ2v) is 5.62.